The summed E-state index contributed by atoms with van der Waals surface area (Å²) in [6.45, 7) is 1.55. The van der Waals surface area contributed by atoms with Crippen LogP contribution < -0.4 is 5.32 Å². The normalized spacial score (nSPS) is 18.4. The fraction of sp³-hybridized carbons (Fsp3) is 0.700. The fourth-order valence-corrected chi connectivity index (χ4v) is 1.60. The number of rotatable bonds is 6. The summed E-state index contributed by atoms with van der Waals surface area (Å²) in [5, 5.41) is 7.29. The van der Waals surface area contributed by atoms with Crippen LogP contribution in [0.3, 0.4) is 0 Å². The highest BCUT2D eigenvalue weighted by molar-refractivity contribution is 4.96. The van der Waals surface area contributed by atoms with Crippen LogP contribution in [-0.2, 0) is 11.3 Å². The van der Waals surface area contributed by atoms with E-state index in [4.69, 9.17) is 9.26 Å². The first kappa shape index (κ1) is 9.68. The fourth-order valence-electron chi connectivity index (χ4n) is 1.60. The summed E-state index contributed by atoms with van der Waals surface area (Å²) in [6.07, 6.45) is 4.24. The van der Waals surface area contributed by atoms with E-state index in [1.165, 1.54) is 12.8 Å². The Balaban J connectivity index is 1.76. The Morgan fingerprint density at radius 2 is 2.57 bits per heavy atom. The van der Waals surface area contributed by atoms with Gasteiger partial charge < -0.3 is 14.6 Å². The third kappa shape index (κ3) is 2.56. The molecule has 78 valence electrons. The van der Waals surface area contributed by atoms with E-state index in [2.05, 4.69) is 10.5 Å². The largest absolute Gasteiger partial charge is 0.383 e. The molecule has 0 spiro atoms. The van der Waals surface area contributed by atoms with Crippen LogP contribution in [0.2, 0.25) is 0 Å². The number of methoxy groups -OCH3 is 1. The van der Waals surface area contributed by atoms with Crippen LogP contribution in [0.1, 0.15) is 18.5 Å². The van der Waals surface area contributed by atoms with E-state index in [0.29, 0.717) is 6.04 Å². The van der Waals surface area contributed by atoms with Crippen molar-refractivity contribution in [3.63, 3.8) is 0 Å². The van der Waals surface area contributed by atoms with Gasteiger partial charge in [0, 0.05) is 25.8 Å². The monoisotopic (exact) mass is 196 g/mol. The van der Waals surface area contributed by atoms with E-state index >= 15 is 0 Å². The average molecular weight is 196 g/mol. The lowest BCUT2D eigenvalue weighted by molar-refractivity contribution is 0.156. The maximum atomic E-state index is 5.17. The molecule has 1 heterocycles. The minimum atomic E-state index is 0.469. The van der Waals surface area contributed by atoms with Crippen LogP contribution in [0.15, 0.2) is 16.9 Å². The Hall–Kier alpha value is -0.870. The number of hydrogen-bond acceptors (Lipinski definition) is 4. The summed E-state index contributed by atoms with van der Waals surface area (Å²) in [7, 11) is 1.74. The Morgan fingerprint density at radius 1 is 1.71 bits per heavy atom. The average Bonchev–Trinajstić information content (AvgIpc) is 2.90. The van der Waals surface area contributed by atoms with E-state index in [9.17, 15) is 0 Å². The molecule has 0 aromatic carbocycles. The van der Waals surface area contributed by atoms with E-state index in [1.807, 2.05) is 6.07 Å². The molecule has 2 rings (SSSR count). The SMILES string of the molecule is COCC(NCc1ccon1)C1CC1. The van der Waals surface area contributed by atoms with Gasteiger partial charge in [-0.2, -0.15) is 0 Å². The number of hydrogen-bond donors (Lipinski definition) is 1. The van der Waals surface area contributed by atoms with Gasteiger partial charge in [0.25, 0.3) is 0 Å². The molecule has 1 fully saturated rings. The number of ether oxygens (including phenoxy) is 1. The lowest BCUT2D eigenvalue weighted by atomic mass is 10.2. The zero-order valence-electron chi connectivity index (χ0n) is 8.40. The van der Waals surface area contributed by atoms with Gasteiger partial charge >= 0.3 is 0 Å². The highest BCUT2D eigenvalue weighted by Gasteiger charge is 2.30. The molecule has 1 unspecified atom stereocenters. The quantitative estimate of drug-likeness (QED) is 0.742. The topological polar surface area (TPSA) is 47.3 Å². The van der Waals surface area contributed by atoms with Crippen LogP contribution >= 0.6 is 0 Å². The molecular weight excluding hydrogens is 180 g/mol. The molecule has 1 aromatic heterocycles. The van der Waals surface area contributed by atoms with Crippen molar-refractivity contribution in [2.45, 2.75) is 25.4 Å². The third-order valence-electron chi connectivity index (χ3n) is 2.57. The Morgan fingerprint density at radius 3 is 3.14 bits per heavy atom. The first-order valence-electron chi connectivity index (χ1n) is 5.01. The van der Waals surface area contributed by atoms with Crippen molar-refractivity contribution in [3.8, 4) is 0 Å². The van der Waals surface area contributed by atoms with Crippen molar-refractivity contribution in [3.05, 3.63) is 18.0 Å². The van der Waals surface area contributed by atoms with Gasteiger partial charge in [-0.1, -0.05) is 5.16 Å². The molecule has 4 nitrogen and oxygen atoms in total. The van der Waals surface area contributed by atoms with Crippen molar-refractivity contribution < 1.29 is 9.26 Å². The van der Waals surface area contributed by atoms with Crippen molar-refractivity contribution in [1.29, 1.82) is 0 Å². The first-order valence-corrected chi connectivity index (χ1v) is 5.01. The zero-order valence-corrected chi connectivity index (χ0v) is 8.40. The second-order valence-electron chi connectivity index (χ2n) is 3.77. The molecule has 14 heavy (non-hydrogen) atoms. The molecule has 1 aliphatic carbocycles. The lowest BCUT2D eigenvalue weighted by Gasteiger charge is -2.15. The Labute approximate surface area is 83.6 Å². The Bertz CT molecular complexity index is 257. The maximum absolute atomic E-state index is 5.17. The standard InChI is InChI=1S/C10H16N2O2/c1-13-7-10(8-2-3-8)11-6-9-4-5-14-12-9/h4-5,8,10-11H,2-3,6-7H2,1H3. The zero-order chi connectivity index (χ0) is 9.80. The van der Waals surface area contributed by atoms with Crippen molar-refractivity contribution in [2.24, 2.45) is 5.92 Å². The molecule has 1 aromatic rings. The van der Waals surface area contributed by atoms with Gasteiger partial charge in [0.05, 0.1) is 12.3 Å². The van der Waals surface area contributed by atoms with Gasteiger partial charge in [0.2, 0.25) is 0 Å². The van der Waals surface area contributed by atoms with E-state index in [1.54, 1.807) is 13.4 Å². The number of aromatic nitrogens is 1. The molecule has 1 atom stereocenters. The van der Waals surface area contributed by atoms with E-state index < -0.39 is 0 Å². The highest BCUT2D eigenvalue weighted by Crippen LogP contribution is 2.32. The molecule has 4 heteroatoms. The minimum absolute atomic E-state index is 0.469. The summed E-state index contributed by atoms with van der Waals surface area (Å²) < 4.78 is 9.93. The summed E-state index contributed by atoms with van der Waals surface area (Å²) in [5.41, 5.74) is 0.951. The molecule has 0 aliphatic heterocycles. The first-order chi connectivity index (χ1) is 6.90. The summed E-state index contributed by atoms with van der Waals surface area (Å²) in [4.78, 5) is 0. The second-order valence-corrected chi connectivity index (χ2v) is 3.77. The molecule has 1 saturated carbocycles. The maximum Gasteiger partial charge on any atom is 0.124 e. The van der Waals surface area contributed by atoms with Gasteiger partial charge in [-0.3, -0.25) is 0 Å². The van der Waals surface area contributed by atoms with E-state index in [0.717, 1.165) is 24.8 Å². The molecule has 0 amide bonds. The third-order valence-corrected chi connectivity index (χ3v) is 2.57. The predicted octanol–water partition coefficient (Wildman–Crippen LogP) is 1.19. The van der Waals surface area contributed by atoms with Crippen LogP contribution in [0.25, 0.3) is 0 Å². The van der Waals surface area contributed by atoms with Crippen molar-refractivity contribution in [2.75, 3.05) is 13.7 Å². The molecule has 0 saturated heterocycles. The van der Waals surface area contributed by atoms with Gasteiger partial charge in [-0.05, 0) is 18.8 Å². The molecule has 1 N–H and O–H groups in total. The lowest BCUT2D eigenvalue weighted by Crippen LogP contribution is -2.34. The predicted molar refractivity (Wildman–Crippen MR) is 51.7 cm³/mol. The second kappa shape index (κ2) is 4.57. The highest BCUT2D eigenvalue weighted by atomic mass is 16.5. The molecule has 0 radical (unpaired) electrons. The van der Waals surface area contributed by atoms with Crippen LogP contribution in [0, 0.1) is 5.92 Å². The summed E-state index contributed by atoms with van der Waals surface area (Å²) >= 11 is 0. The molecule has 0 bridgehead atoms. The van der Waals surface area contributed by atoms with Gasteiger partial charge in [0.1, 0.15) is 6.26 Å². The minimum Gasteiger partial charge on any atom is -0.383 e. The smallest absolute Gasteiger partial charge is 0.124 e. The van der Waals surface area contributed by atoms with Crippen LogP contribution in [-0.4, -0.2) is 24.9 Å². The van der Waals surface area contributed by atoms with Crippen molar-refractivity contribution >= 4 is 0 Å². The number of nitrogens with zero attached hydrogens (tertiary/aromatic N) is 1. The number of nitrogens with one attached hydrogen (secondary N) is 1. The Kier molecular flexibility index (Phi) is 3.16. The summed E-state index contributed by atoms with van der Waals surface area (Å²) in [6, 6.07) is 2.35. The van der Waals surface area contributed by atoms with Crippen LogP contribution in [0.4, 0.5) is 0 Å². The molecule has 1 aliphatic rings. The summed E-state index contributed by atoms with van der Waals surface area (Å²) in [5.74, 6) is 0.793. The van der Waals surface area contributed by atoms with Crippen LogP contribution in [0.5, 0.6) is 0 Å². The van der Waals surface area contributed by atoms with Gasteiger partial charge in [-0.25, -0.2) is 0 Å². The van der Waals surface area contributed by atoms with Gasteiger partial charge in [0.15, 0.2) is 0 Å². The van der Waals surface area contributed by atoms with E-state index in [-0.39, 0.29) is 0 Å². The van der Waals surface area contributed by atoms with Crippen molar-refractivity contribution in [1.82, 2.24) is 10.5 Å². The van der Waals surface area contributed by atoms with Gasteiger partial charge in [-0.15, -0.1) is 0 Å². The molecular formula is C10H16N2O2.